The van der Waals surface area contributed by atoms with Gasteiger partial charge in [-0.3, -0.25) is 9.59 Å². The van der Waals surface area contributed by atoms with Crippen LogP contribution in [0.15, 0.2) is 24.3 Å². The van der Waals surface area contributed by atoms with Gasteiger partial charge in [-0.2, -0.15) is 0 Å². The predicted octanol–water partition coefficient (Wildman–Crippen LogP) is -0.298. The zero-order valence-corrected chi connectivity index (χ0v) is 24.8. The first-order valence-electron chi connectivity index (χ1n) is 14.4. The Morgan fingerprint density at radius 3 is 2.49 bits per heavy atom. The normalized spacial score (nSPS) is 36.0. The summed E-state index contributed by atoms with van der Waals surface area (Å²) in [5.74, 6) is -0.792. The van der Waals surface area contributed by atoms with E-state index >= 15 is 0 Å². The van der Waals surface area contributed by atoms with Crippen molar-refractivity contribution in [1.82, 2.24) is 4.90 Å². The van der Waals surface area contributed by atoms with Crippen molar-refractivity contribution in [3.05, 3.63) is 29.8 Å². The Labute approximate surface area is 241 Å². The van der Waals surface area contributed by atoms with E-state index in [1.165, 1.54) is 0 Å². The molecule has 0 bridgehead atoms. The predicted molar refractivity (Wildman–Crippen MR) is 150 cm³/mol. The lowest BCUT2D eigenvalue weighted by molar-refractivity contribution is -0.274. The fourth-order valence-electron chi connectivity index (χ4n) is 6.66. The molecule has 3 aliphatic heterocycles. The van der Waals surface area contributed by atoms with Crippen molar-refractivity contribution in [2.45, 2.75) is 107 Å². The van der Waals surface area contributed by atoms with Gasteiger partial charge in [-0.15, -0.1) is 0 Å². The standard InChI is InChI=1S/C28H44N2O10Si/c1-15-19(39-20(26(15)41(2,3)38)13-21(32)30-11-5-8-18(30)14-31)10-9-16-6-4-7-17(12-16)29-27(36)25-23(34)22(33)24(35)28(37)40-25/h4,6-7,12,15,18-20,22-26,28,31,33-35,37-38H,5,8-11,13-14H2,1-3H3,(H,29,36)/t15-,18+,19+,20-,22+,23+,24-,25+,26+,28-/m1/s1. The van der Waals surface area contributed by atoms with Gasteiger partial charge in [-0.1, -0.05) is 19.1 Å². The molecule has 3 fully saturated rings. The number of carbonyl (C=O) groups excluding carboxylic acids is 2. The summed E-state index contributed by atoms with van der Waals surface area (Å²) in [6.45, 7) is 6.38. The van der Waals surface area contributed by atoms with Gasteiger partial charge in [0.2, 0.25) is 5.91 Å². The molecule has 0 saturated carbocycles. The Hall–Kier alpha value is -1.94. The van der Waals surface area contributed by atoms with E-state index in [2.05, 4.69) is 12.2 Å². The number of amides is 2. The third-order valence-electron chi connectivity index (χ3n) is 8.76. The number of hydrogen-bond donors (Lipinski definition) is 7. The summed E-state index contributed by atoms with van der Waals surface area (Å²) in [5, 5.41) is 51.6. The lowest BCUT2D eigenvalue weighted by Gasteiger charge is -2.37. The number of aliphatic hydroxyl groups excluding tert-OH is 5. The smallest absolute Gasteiger partial charge is 0.256 e. The largest absolute Gasteiger partial charge is 0.432 e. The Morgan fingerprint density at radius 2 is 1.80 bits per heavy atom. The maximum atomic E-state index is 13.1. The van der Waals surface area contributed by atoms with Crippen molar-refractivity contribution in [1.29, 1.82) is 0 Å². The molecule has 7 N–H and O–H groups in total. The number of ether oxygens (including phenoxy) is 2. The van der Waals surface area contributed by atoms with Crippen LogP contribution in [0.2, 0.25) is 18.6 Å². The van der Waals surface area contributed by atoms with Gasteiger partial charge in [-0.25, -0.2) is 0 Å². The number of rotatable bonds is 9. The number of carbonyl (C=O) groups is 2. The number of benzene rings is 1. The van der Waals surface area contributed by atoms with Crippen molar-refractivity contribution >= 4 is 25.8 Å². The number of aliphatic hydroxyl groups is 5. The topological polar surface area (TPSA) is 189 Å². The monoisotopic (exact) mass is 596 g/mol. The highest BCUT2D eigenvalue weighted by molar-refractivity contribution is 6.71. The lowest BCUT2D eigenvalue weighted by atomic mass is 9.95. The second-order valence-electron chi connectivity index (χ2n) is 12.2. The molecule has 12 nitrogen and oxygen atoms in total. The molecule has 0 aromatic heterocycles. The van der Waals surface area contributed by atoms with Gasteiger partial charge in [0.1, 0.15) is 18.3 Å². The van der Waals surface area contributed by atoms with Gasteiger partial charge in [0, 0.05) is 17.8 Å². The van der Waals surface area contributed by atoms with Gasteiger partial charge >= 0.3 is 0 Å². The van der Waals surface area contributed by atoms with E-state index in [4.69, 9.17) is 9.47 Å². The number of nitrogens with zero attached hydrogens (tertiary/aromatic N) is 1. The molecule has 0 radical (unpaired) electrons. The molecular formula is C28H44N2O10Si. The molecule has 1 aromatic carbocycles. The summed E-state index contributed by atoms with van der Waals surface area (Å²) < 4.78 is 11.4. The van der Waals surface area contributed by atoms with Crippen LogP contribution in [0, 0.1) is 5.92 Å². The number of anilines is 1. The van der Waals surface area contributed by atoms with Crippen LogP contribution in [-0.4, -0.2) is 117 Å². The molecule has 10 atom stereocenters. The average molecular weight is 597 g/mol. The molecule has 0 unspecified atom stereocenters. The van der Waals surface area contributed by atoms with E-state index in [0.717, 1.165) is 18.4 Å². The fraction of sp³-hybridized carbons (Fsp3) is 0.714. The Kier molecular flexibility index (Phi) is 10.3. The van der Waals surface area contributed by atoms with E-state index in [1.54, 1.807) is 23.1 Å². The molecule has 1 aromatic rings. The molecule has 13 heteroatoms. The first-order chi connectivity index (χ1) is 19.3. The molecule has 41 heavy (non-hydrogen) atoms. The zero-order chi connectivity index (χ0) is 30.1. The maximum Gasteiger partial charge on any atom is 0.256 e. The number of aryl methyl sites for hydroxylation is 1. The van der Waals surface area contributed by atoms with Crippen LogP contribution in [-0.2, 0) is 25.5 Å². The molecule has 2 amide bonds. The summed E-state index contributed by atoms with van der Waals surface area (Å²) in [4.78, 5) is 38.7. The summed E-state index contributed by atoms with van der Waals surface area (Å²) in [6, 6.07) is 6.92. The second kappa shape index (κ2) is 13.1. The molecule has 3 heterocycles. The van der Waals surface area contributed by atoms with Gasteiger partial charge in [-0.05, 0) is 62.4 Å². The minimum Gasteiger partial charge on any atom is -0.432 e. The van der Waals surface area contributed by atoms with Crippen molar-refractivity contribution in [2.75, 3.05) is 18.5 Å². The second-order valence-corrected chi connectivity index (χ2v) is 16.1. The van der Waals surface area contributed by atoms with Crippen molar-refractivity contribution < 1.29 is 49.4 Å². The van der Waals surface area contributed by atoms with E-state index in [0.29, 0.717) is 25.1 Å². The van der Waals surface area contributed by atoms with Crippen LogP contribution in [0.1, 0.15) is 38.2 Å². The Balaban J connectivity index is 1.37. The van der Waals surface area contributed by atoms with Crippen molar-refractivity contribution in [2.24, 2.45) is 5.92 Å². The van der Waals surface area contributed by atoms with Crippen LogP contribution in [0.25, 0.3) is 0 Å². The highest BCUT2D eigenvalue weighted by Gasteiger charge is 2.51. The van der Waals surface area contributed by atoms with Crippen LogP contribution >= 0.6 is 0 Å². The molecular weight excluding hydrogens is 552 g/mol. The van der Waals surface area contributed by atoms with E-state index < -0.39 is 51.0 Å². The van der Waals surface area contributed by atoms with Crippen LogP contribution < -0.4 is 5.32 Å². The first-order valence-corrected chi connectivity index (χ1v) is 17.4. The first kappa shape index (κ1) is 32.0. The Bertz CT molecular complexity index is 1070. The molecule has 0 aliphatic carbocycles. The zero-order valence-electron chi connectivity index (χ0n) is 23.8. The summed E-state index contributed by atoms with van der Waals surface area (Å²) in [5.41, 5.74) is 1.20. The highest BCUT2D eigenvalue weighted by atomic mass is 28.4. The van der Waals surface area contributed by atoms with Gasteiger partial charge < -0.3 is 50.0 Å². The lowest BCUT2D eigenvalue weighted by Crippen LogP contribution is -2.60. The Morgan fingerprint density at radius 1 is 1.07 bits per heavy atom. The van der Waals surface area contributed by atoms with Gasteiger partial charge in [0.15, 0.2) is 20.7 Å². The molecule has 0 spiro atoms. The molecule has 230 valence electrons. The molecule has 3 saturated heterocycles. The van der Waals surface area contributed by atoms with Crippen molar-refractivity contribution in [3.8, 4) is 0 Å². The van der Waals surface area contributed by atoms with Gasteiger partial charge in [0.25, 0.3) is 5.91 Å². The number of nitrogens with one attached hydrogen (secondary N) is 1. The third-order valence-corrected chi connectivity index (χ3v) is 11.3. The highest BCUT2D eigenvalue weighted by Crippen LogP contribution is 2.46. The fourth-order valence-corrected chi connectivity index (χ4v) is 9.26. The van der Waals surface area contributed by atoms with E-state index in [9.17, 15) is 39.9 Å². The van der Waals surface area contributed by atoms with Crippen LogP contribution in [0.5, 0.6) is 0 Å². The van der Waals surface area contributed by atoms with Crippen LogP contribution in [0.4, 0.5) is 5.69 Å². The number of likely N-dealkylation sites (tertiary alicyclic amines) is 1. The molecule has 4 rings (SSSR count). The summed E-state index contributed by atoms with van der Waals surface area (Å²) in [6.07, 6.45) is -6.08. The van der Waals surface area contributed by atoms with Crippen LogP contribution in [0.3, 0.4) is 0 Å². The minimum atomic E-state index is -2.67. The molecule has 3 aliphatic rings. The van der Waals surface area contributed by atoms with Gasteiger partial charge in [0.05, 0.1) is 31.3 Å². The summed E-state index contributed by atoms with van der Waals surface area (Å²) in [7, 11) is -2.67. The minimum absolute atomic E-state index is 0.0349. The SMILES string of the molecule is C[C@H]1[C@H]([Si](C)(C)O)[C@@H](CC(=O)N2CCC[C@H]2CO)O[C@H]1CCc1cccc(NC(=O)[C@H]2O[C@@H](O)[C@H](O)[C@@H](O)[C@@H]2O)c1. The number of hydrogen-bond acceptors (Lipinski definition) is 10. The maximum absolute atomic E-state index is 13.1. The van der Waals surface area contributed by atoms with Crippen molar-refractivity contribution in [3.63, 3.8) is 0 Å². The van der Waals surface area contributed by atoms with E-state index in [-0.39, 0.29) is 42.5 Å². The quantitative estimate of drug-likeness (QED) is 0.186. The summed E-state index contributed by atoms with van der Waals surface area (Å²) >= 11 is 0. The third kappa shape index (κ3) is 7.17. The average Bonchev–Trinajstić information content (AvgIpc) is 3.52. The van der Waals surface area contributed by atoms with E-state index in [1.807, 2.05) is 19.2 Å².